The molecule has 1 aromatic carbocycles. The lowest BCUT2D eigenvalue weighted by Crippen LogP contribution is -2.35. The maximum absolute atomic E-state index is 8.17. The van der Waals surface area contributed by atoms with Crippen molar-refractivity contribution in [1.82, 2.24) is 9.88 Å². The molecule has 1 aliphatic heterocycles. The van der Waals surface area contributed by atoms with Crippen molar-refractivity contribution >= 4 is 5.71 Å². The molecule has 1 N–H and O–H groups in total. The van der Waals surface area contributed by atoms with E-state index in [0.717, 1.165) is 62.7 Å². The number of ether oxygens (including phenoxy) is 1. The van der Waals surface area contributed by atoms with Gasteiger partial charge in [-0.05, 0) is 35.6 Å². The maximum Gasteiger partial charge on any atom is 0.0594 e. The molecule has 0 amide bonds. The Labute approximate surface area is 143 Å². The highest BCUT2D eigenvalue weighted by atomic mass is 16.5. The molecule has 0 radical (unpaired) electrons. The quantitative estimate of drug-likeness (QED) is 0.944. The lowest BCUT2D eigenvalue weighted by atomic mass is 9.78. The number of benzene rings is 1. The van der Waals surface area contributed by atoms with Crippen LogP contribution in [0, 0.1) is 5.41 Å². The fraction of sp³-hybridized carbons (Fsp3) is 0.400. The first-order valence-corrected chi connectivity index (χ1v) is 8.73. The monoisotopic (exact) mass is 321 g/mol. The van der Waals surface area contributed by atoms with Crippen molar-refractivity contribution in [3.05, 3.63) is 65.0 Å². The molecule has 0 spiro atoms. The molecule has 0 saturated carbocycles. The zero-order valence-electron chi connectivity index (χ0n) is 13.9. The molecule has 2 heterocycles. The van der Waals surface area contributed by atoms with Gasteiger partial charge >= 0.3 is 0 Å². The van der Waals surface area contributed by atoms with Crippen molar-refractivity contribution in [1.29, 1.82) is 5.41 Å². The van der Waals surface area contributed by atoms with Crippen LogP contribution in [0.1, 0.15) is 41.1 Å². The van der Waals surface area contributed by atoms with E-state index in [0.29, 0.717) is 5.92 Å². The molecule has 1 unspecified atom stereocenters. The lowest BCUT2D eigenvalue weighted by Gasteiger charge is -2.27. The molecule has 0 bridgehead atoms. The van der Waals surface area contributed by atoms with Crippen LogP contribution in [-0.2, 0) is 11.3 Å². The lowest BCUT2D eigenvalue weighted by molar-refractivity contribution is 0.0336. The zero-order valence-corrected chi connectivity index (χ0v) is 13.9. The molecule has 124 valence electrons. The Kier molecular flexibility index (Phi) is 4.41. The van der Waals surface area contributed by atoms with Crippen LogP contribution in [0.25, 0.3) is 0 Å². The third kappa shape index (κ3) is 3.12. The van der Waals surface area contributed by atoms with E-state index in [4.69, 9.17) is 15.1 Å². The highest BCUT2D eigenvalue weighted by molar-refractivity contribution is 6.00. The van der Waals surface area contributed by atoms with Crippen molar-refractivity contribution in [2.24, 2.45) is 0 Å². The van der Waals surface area contributed by atoms with Gasteiger partial charge in [-0.15, -0.1) is 0 Å². The minimum atomic E-state index is 0.361. The van der Waals surface area contributed by atoms with E-state index in [2.05, 4.69) is 35.2 Å². The first-order chi connectivity index (χ1) is 11.8. The summed E-state index contributed by atoms with van der Waals surface area (Å²) in [5.41, 5.74) is 5.53. The molecule has 1 fully saturated rings. The predicted octanol–water partition coefficient (Wildman–Crippen LogP) is 3.21. The van der Waals surface area contributed by atoms with Crippen LogP contribution in [-0.4, -0.2) is 41.9 Å². The number of rotatable bonds is 3. The van der Waals surface area contributed by atoms with Crippen LogP contribution in [0.5, 0.6) is 0 Å². The van der Waals surface area contributed by atoms with Crippen LogP contribution in [0.15, 0.2) is 42.6 Å². The van der Waals surface area contributed by atoms with E-state index in [9.17, 15) is 0 Å². The van der Waals surface area contributed by atoms with Gasteiger partial charge in [0.1, 0.15) is 0 Å². The van der Waals surface area contributed by atoms with Crippen molar-refractivity contribution in [3.8, 4) is 0 Å². The number of pyridine rings is 1. The molecule has 1 aromatic heterocycles. The Morgan fingerprint density at radius 3 is 2.75 bits per heavy atom. The molecule has 4 rings (SSSR count). The van der Waals surface area contributed by atoms with Crippen molar-refractivity contribution < 1.29 is 4.74 Å². The van der Waals surface area contributed by atoms with E-state index < -0.39 is 0 Å². The van der Waals surface area contributed by atoms with E-state index >= 15 is 0 Å². The van der Waals surface area contributed by atoms with Gasteiger partial charge in [0.25, 0.3) is 0 Å². The minimum absolute atomic E-state index is 0.361. The van der Waals surface area contributed by atoms with Gasteiger partial charge in [-0.1, -0.05) is 30.3 Å². The fourth-order valence-corrected chi connectivity index (χ4v) is 3.72. The Morgan fingerprint density at radius 1 is 1.12 bits per heavy atom. The van der Waals surface area contributed by atoms with Crippen LogP contribution in [0.2, 0.25) is 0 Å². The second kappa shape index (κ2) is 6.83. The molecule has 4 nitrogen and oxygen atoms in total. The molecule has 1 saturated heterocycles. The van der Waals surface area contributed by atoms with E-state index in [1.165, 1.54) is 11.1 Å². The molecular formula is C20H23N3O. The Hall–Kier alpha value is -2.04. The summed E-state index contributed by atoms with van der Waals surface area (Å²) in [6, 6.07) is 12.7. The normalized spacial score (nSPS) is 21.5. The minimum Gasteiger partial charge on any atom is -0.379 e. The number of morpholine rings is 1. The second-order valence-corrected chi connectivity index (χ2v) is 6.63. The van der Waals surface area contributed by atoms with Gasteiger partial charge in [-0.2, -0.15) is 0 Å². The van der Waals surface area contributed by atoms with Crippen LogP contribution < -0.4 is 0 Å². The summed E-state index contributed by atoms with van der Waals surface area (Å²) >= 11 is 0. The summed E-state index contributed by atoms with van der Waals surface area (Å²) in [4.78, 5) is 7.10. The van der Waals surface area contributed by atoms with Gasteiger partial charge in [-0.25, -0.2) is 0 Å². The first-order valence-electron chi connectivity index (χ1n) is 8.73. The summed E-state index contributed by atoms with van der Waals surface area (Å²) in [5, 5.41) is 8.17. The van der Waals surface area contributed by atoms with Gasteiger partial charge in [0.05, 0.1) is 18.9 Å². The third-order valence-electron chi connectivity index (χ3n) is 5.08. The summed E-state index contributed by atoms with van der Waals surface area (Å²) in [5.74, 6) is 0.361. The van der Waals surface area contributed by atoms with E-state index in [1.54, 1.807) is 0 Å². The predicted molar refractivity (Wildman–Crippen MR) is 94.7 cm³/mol. The van der Waals surface area contributed by atoms with Gasteiger partial charge in [0.2, 0.25) is 0 Å². The van der Waals surface area contributed by atoms with Gasteiger partial charge in [0, 0.05) is 37.5 Å². The Morgan fingerprint density at radius 2 is 1.96 bits per heavy atom. The molecule has 1 atom stereocenters. The number of nitrogens with zero attached hydrogens (tertiary/aromatic N) is 2. The molecule has 24 heavy (non-hydrogen) atoms. The summed E-state index contributed by atoms with van der Waals surface area (Å²) in [6.45, 7) is 4.52. The van der Waals surface area contributed by atoms with E-state index in [-0.39, 0.29) is 0 Å². The largest absolute Gasteiger partial charge is 0.379 e. The molecular weight excluding hydrogens is 298 g/mol. The summed E-state index contributed by atoms with van der Waals surface area (Å²) < 4.78 is 5.40. The summed E-state index contributed by atoms with van der Waals surface area (Å²) in [7, 11) is 0. The zero-order chi connectivity index (χ0) is 16.4. The number of aromatic nitrogens is 1. The maximum atomic E-state index is 8.17. The number of hydrogen-bond donors (Lipinski definition) is 1. The van der Waals surface area contributed by atoms with Gasteiger partial charge in [-0.3, -0.25) is 9.88 Å². The number of hydrogen-bond acceptors (Lipinski definition) is 4. The van der Waals surface area contributed by atoms with Crippen LogP contribution in [0.3, 0.4) is 0 Å². The Bertz CT molecular complexity index is 720. The molecule has 1 aliphatic carbocycles. The smallest absolute Gasteiger partial charge is 0.0594 e. The van der Waals surface area contributed by atoms with Gasteiger partial charge in [0.15, 0.2) is 0 Å². The Balaban J connectivity index is 1.53. The van der Waals surface area contributed by atoms with Crippen molar-refractivity contribution in [2.75, 3.05) is 26.3 Å². The second-order valence-electron chi connectivity index (χ2n) is 6.63. The highest BCUT2D eigenvalue weighted by Gasteiger charge is 2.24. The molecule has 4 heteroatoms. The fourth-order valence-electron chi connectivity index (χ4n) is 3.72. The number of nitrogens with one attached hydrogen (secondary N) is 1. The molecule has 2 aromatic rings. The van der Waals surface area contributed by atoms with Gasteiger partial charge < -0.3 is 10.1 Å². The van der Waals surface area contributed by atoms with Crippen molar-refractivity contribution in [3.63, 3.8) is 0 Å². The van der Waals surface area contributed by atoms with Crippen LogP contribution in [0.4, 0.5) is 0 Å². The average molecular weight is 321 g/mol. The molecule has 2 aliphatic rings. The number of fused-ring (bicyclic) bond motifs is 1. The first kappa shape index (κ1) is 15.5. The SMILES string of the molecule is N=C1CCC(c2ccc(CN3CCOCC3)nc2)c2ccccc21. The highest BCUT2D eigenvalue weighted by Crippen LogP contribution is 2.36. The average Bonchev–Trinajstić information content (AvgIpc) is 2.64. The van der Waals surface area contributed by atoms with Crippen LogP contribution >= 0.6 is 0 Å². The summed E-state index contributed by atoms with van der Waals surface area (Å²) in [6.07, 6.45) is 3.88. The van der Waals surface area contributed by atoms with E-state index in [1.807, 2.05) is 12.3 Å². The topological polar surface area (TPSA) is 49.2 Å². The third-order valence-corrected chi connectivity index (χ3v) is 5.08. The van der Waals surface area contributed by atoms with Crippen molar-refractivity contribution in [2.45, 2.75) is 25.3 Å². The standard InChI is InChI=1S/C20H23N3O/c21-20-8-7-17(18-3-1-2-4-19(18)20)15-5-6-16(22-13-15)14-23-9-11-24-12-10-23/h1-6,13,17,21H,7-12,14H2.